The Morgan fingerprint density at radius 1 is 1.50 bits per heavy atom. The molecule has 0 amide bonds. The number of likely N-dealkylation sites (tertiary alicyclic amines) is 1. The Labute approximate surface area is 110 Å². The topological polar surface area (TPSA) is 33.1 Å². The predicted octanol–water partition coefficient (Wildman–Crippen LogP) is 1.77. The first-order valence-electron chi connectivity index (χ1n) is 7.16. The van der Waals surface area contributed by atoms with Crippen molar-refractivity contribution in [3.05, 3.63) is 18.0 Å². The molecule has 1 saturated heterocycles. The maximum atomic E-state index is 4.50. The molecule has 1 aromatic rings. The van der Waals surface area contributed by atoms with Gasteiger partial charge in [0.1, 0.15) is 0 Å². The summed E-state index contributed by atoms with van der Waals surface area (Å²) in [5, 5.41) is 8.07. The van der Waals surface area contributed by atoms with Gasteiger partial charge in [0, 0.05) is 31.9 Å². The molecule has 0 radical (unpaired) electrons. The maximum Gasteiger partial charge on any atom is 0.0764 e. The summed E-state index contributed by atoms with van der Waals surface area (Å²) >= 11 is 0. The average molecular weight is 250 g/mol. The van der Waals surface area contributed by atoms with E-state index in [9.17, 15) is 0 Å². The van der Waals surface area contributed by atoms with Crippen LogP contribution in [-0.4, -0.2) is 39.9 Å². The summed E-state index contributed by atoms with van der Waals surface area (Å²) in [5.74, 6) is 0. The minimum atomic E-state index is 0.569. The summed E-state index contributed by atoms with van der Waals surface area (Å²) < 4.78 is 1.89. The number of aromatic nitrogens is 2. The number of likely N-dealkylation sites (N-methyl/N-ethyl adjacent to an activating group) is 1. The Morgan fingerprint density at radius 2 is 2.33 bits per heavy atom. The van der Waals surface area contributed by atoms with Gasteiger partial charge in [0.05, 0.1) is 5.69 Å². The Kier molecular flexibility index (Phi) is 4.78. The second-order valence-electron chi connectivity index (χ2n) is 5.36. The molecule has 4 heteroatoms. The first kappa shape index (κ1) is 13.6. The third-order valence-corrected chi connectivity index (χ3v) is 3.90. The summed E-state index contributed by atoms with van der Waals surface area (Å²) in [5.41, 5.74) is 1.19. The maximum absolute atomic E-state index is 4.50. The van der Waals surface area contributed by atoms with Gasteiger partial charge >= 0.3 is 0 Å². The van der Waals surface area contributed by atoms with Gasteiger partial charge in [-0.25, -0.2) is 0 Å². The van der Waals surface area contributed by atoms with Gasteiger partial charge in [-0.2, -0.15) is 5.10 Å². The lowest BCUT2D eigenvalue weighted by Crippen LogP contribution is -2.50. The van der Waals surface area contributed by atoms with Gasteiger partial charge in [0.2, 0.25) is 0 Å². The molecular weight excluding hydrogens is 224 g/mol. The molecule has 1 N–H and O–H groups in total. The van der Waals surface area contributed by atoms with E-state index in [-0.39, 0.29) is 0 Å². The van der Waals surface area contributed by atoms with E-state index in [2.05, 4.69) is 35.2 Å². The van der Waals surface area contributed by atoms with Crippen LogP contribution in [0.25, 0.3) is 0 Å². The molecular formula is C14H26N4. The summed E-state index contributed by atoms with van der Waals surface area (Å²) in [7, 11) is 1.98. The van der Waals surface area contributed by atoms with Crippen LogP contribution in [0.15, 0.2) is 12.3 Å². The number of piperidine rings is 1. The smallest absolute Gasteiger partial charge is 0.0764 e. The Balaban J connectivity index is 1.99. The van der Waals surface area contributed by atoms with E-state index >= 15 is 0 Å². The molecule has 0 bridgehead atoms. The van der Waals surface area contributed by atoms with E-state index in [1.807, 2.05) is 17.9 Å². The van der Waals surface area contributed by atoms with Gasteiger partial charge in [-0.05, 0) is 38.9 Å². The van der Waals surface area contributed by atoms with Crippen LogP contribution in [0.2, 0.25) is 0 Å². The molecule has 102 valence electrons. The zero-order chi connectivity index (χ0) is 13.0. The standard InChI is InChI=1S/C14H26N4/c1-4-15-12(2)14-7-5-6-9-18(14)11-13-8-10-17(3)16-13/h8,10,12,14-15H,4-7,9,11H2,1-3H3. The van der Waals surface area contributed by atoms with Crippen LogP contribution >= 0.6 is 0 Å². The van der Waals surface area contributed by atoms with Gasteiger partial charge in [-0.15, -0.1) is 0 Å². The van der Waals surface area contributed by atoms with E-state index in [0.29, 0.717) is 12.1 Å². The number of hydrogen-bond donors (Lipinski definition) is 1. The van der Waals surface area contributed by atoms with Gasteiger partial charge in [-0.3, -0.25) is 9.58 Å². The quantitative estimate of drug-likeness (QED) is 0.864. The number of nitrogens with one attached hydrogen (secondary N) is 1. The van der Waals surface area contributed by atoms with E-state index in [4.69, 9.17) is 0 Å². The average Bonchev–Trinajstić information content (AvgIpc) is 2.76. The summed E-state index contributed by atoms with van der Waals surface area (Å²) in [4.78, 5) is 2.60. The molecule has 1 aliphatic heterocycles. The minimum Gasteiger partial charge on any atom is -0.313 e. The third-order valence-electron chi connectivity index (χ3n) is 3.90. The van der Waals surface area contributed by atoms with E-state index in [1.54, 1.807) is 0 Å². The van der Waals surface area contributed by atoms with Gasteiger partial charge in [0.15, 0.2) is 0 Å². The van der Waals surface area contributed by atoms with E-state index < -0.39 is 0 Å². The highest BCUT2D eigenvalue weighted by Crippen LogP contribution is 2.21. The third kappa shape index (κ3) is 3.33. The molecule has 2 atom stereocenters. The van der Waals surface area contributed by atoms with Crippen LogP contribution in [0.5, 0.6) is 0 Å². The molecule has 0 aromatic carbocycles. The molecule has 1 aromatic heterocycles. The van der Waals surface area contributed by atoms with Crippen molar-refractivity contribution in [3.63, 3.8) is 0 Å². The summed E-state index contributed by atoms with van der Waals surface area (Å²) in [6.07, 6.45) is 6.02. The molecule has 4 nitrogen and oxygen atoms in total. The lowest BCUT2D eigenvalue weighted by molar-refractivity contribution is 0.111. The van der Waals surface area contributed by atoms with Crippen LogP contribution < -0.4 is 5.32 Å². The Bertz CT molecular complexity index is 360. The molecule has 1 fully saturated rings. The zero-order valence-electron chi connectivity index (χ0n) is 11.9. The Morgan fingerprint density at radius 3 is 3.00 bits per heavy atom. The highest BCUT2D eigenvalue weighted by Gasteiger charge is 2.27. The van der Waals surface area contributed by atoms with Crippen molar-refractivity contribution in [3.8, 4) is 0 Å². The van der Waals surface area contributed by atoms with Crippen molar-refractivity contribution < 1.29 is 0 Å². The first-order chi connectivity index (χ1) is 8.70. The molecule has 2 heterocycles. The van der Waals surface area contributed by atoms with Crippen LogP contribution in [0, 0.1) is 0 Å². The van der Waals surface area contributed by atoms with Crippen molar-refractivity contribution in [2.75, 3.05) is 13.1 Å². The molecule has 0 saturated carbocycles. The molecule has 0 spiro atoms. The van der Waals surface area contributed by atoms with Crippen molar-refractivity contribution in [2.24, 2.45) is 7.05 Å². The molecule has 0 aliphatic carbocycles. The van der Waals surface area contributed by atoms with Gasteiger partial charge < -0.3 is 5.32 Å². The number of hydrogen-bond acceptors (Lipinski definition) is 3. The normalized spacial score (nSPS) is 23.2. The van der Waals surface area contributed by atoms with Crippen LogP contribution in [0.3, 0.4) is 0 Å². The van der Waals surface area contributed by atoms with Crippen LogP contribution in [0.4, 0.5) is 0 Å². The van der Waals surface area contributed by atoms with Gasteiger partial charge in [-0.1, -0.05) is 13.3 Å². The van der Waals surface area contributed by atoms with Crippen LogP contribution in [0.1, 0.15) is 38.8 Å². The van der Waals surface area contributed by atoms with E-state index in [1.165, 1.54) is 31.5 Å². The first-order valence-corrected chi connectivity index (χ1v) is 7.16. The summed E-state index contributed by atoms with van der Waals surface area (Å²) in [6.45, 7) is 7.74. The van der Waals surface area contributed by atoms with Crippen molar-refractivity contribution in [1.29, 1.82) is 0 Å². The lowest BCUT2D eigenvalue weighted by atomic mass is 9.96. The SMILES string of the molecule is CCNC(C)C1CCCCN1Cc1ccn(C)n1. The molecule has 2 rings (SSSR count). The Hall–Kier alpha value is -0.870. The predicted molar refractivity (Wildman–Crippen MR) is 74.4 cm³/mol. The fraction of sp³-hybridized carbons (Fsp3) is 0.786. The largest absolute Gasteiger partial charge is 0.313 e. The highest BCUT2D eigenvalue weighted by atomic mass is 15.3. The number of rotatable bonds is 5. The minimum absolute atomic E-state index is 0.569. The molecule has 1 aliphatic rings. The van der Waals surface area contributed by atoms with Crippen molar-refractivity contribution >= 4 is 0 Å². The van der Waals surface area contributed by atoms with Crippen molar-refractivity contribution in [2.45, 2.75) is 51.7 Å². The number of nitrogens with zero attached hydrogens (tertiary/aromatic N) is 3. The second-order valence-corrected chi connectivity index (χ2v) is 5.36. The fourth-order valence-electron chi connectivity index (χ4n) is 2.99. The van der Waals surface area contributed by atoms with Gasteiger partial charge in [0.25, 0.3) is 0 Å². The summed E-state index contributed by atoms with van der Waals surface area (Å²) in [6, 6.07) is 3.35. The van der Waals surface area contributed by atoms with E-state index in [0.717, 1.165) is 13.1 Å². The van der Waals surface area contributed by atoms with Crippen LogP contribution in [-0.2, 0) is 13.6 Å². The monoisotopic (exact) mass is 250 g/mol. The molecule has 2 unspecified atom stereocenters. The number of aryl methyl sites for hydroxylation is 1. The van der Waals surface area contributed by atoms with Crippen molar-refractivity contribution in [1.82, 2.24) is 20.0 Å². The highest BCUT2D eigenvalue weighted by molar-refractivity contribution is 5.00. The zero-order valence-corrected chi connectivity index (χ0v) is 11.9. The fourth-order valence-corrected chi connectivity index (χ4v) is 2.99. The second kappa shape index (κ2) is 6.34. The lowest BCUT2D eigenvalue weighted by Gasteiger charge is -2.39. The molecule has 18 heavy (non-hydrogen) atoms.